The van der Waals surface area contributed by atoms with Gasteiger partial charge in [0.2, 0.25) is 10.0 Å². The van der Waals surface area contributed by atoms with Crippen molar-refractivity contribution in [2.24, 2.45) is 0 Å². The maximum atomic E-state index is 14.9. The summed E-state index contributed by atoms with van der Waals surface area (Å²) in [5, 5.41) is 0. The number of fused-ring (bicyclic) bond motifs is 2. The summed E-state index contributed by atoms with van der Waals surface area (Å²) in [6, 6.07) is 8.99. The van der Waals surface area contributed by atoms with Crippen molar-refractivity contribution in [2.75, 3.05) is 30.9 Å². The Hall–Kier alpha value is -3.11. The molecule has 0 unspecified atom stereocenters. The highest BCUT2D eigenvalue weighted by Gasteiger charge is 2.26. The quantitative estimate of drug-likeness (QED) is 0.514. The molecule has 3 aromatic rings. The molecule has 190 valence electrons. The van der Waals surface area contributed by atoms with Gasteiger partial charge in [-0.05, 0) is 49.1 Å². The standard InChI is InChI=1S/C26H28F2N4O3S/c1-16(2)32-8-9-35-26-21(27)12-19(13-23(26)32)25-22(28)14-29-24(30-25)11-17-4-5-18-6-7-31(36(3,33)34)15-20(18)10-17/h4-5,10,12-14,16H,6-9,11,15H2,1-3H3. The minimum absolute atomic E-state index is 0.0252. The van der Waals surface area contributed by atoms with Crippen molar-refractivity contribution in [3.8, 4) is 17.0 Å². The summed E-state index contributed by atoms with van der Waals surface area (Å²) in [5.41, 5.74) is 3.86. The van der Waals surface area contributed by atoms with Crippen LogP contribution in [0, 0.1) is 11.6 Å². The number of rotatable bonds is 5. The molecule has 0 bridgehead atoms. The van der Waals surface area contributed by atoms with Gasteiger partial charge in [-0.1, -0.05) is 18.2 Å². The summed E-state index contributed by atoms with van der Waals surface area (Å²) in [7, 11) is -3.28. The van der Waals surface area contributed by atoms with Crippen LogP contribution in [0.1, 0.15) is 36.4 Å². The van der Waals surface area contributed by atoms with Gasteiger partial charge in [0.15, 0.2) is 17.4 Å². The van der Waals surface area contributed by atoms with Gasteiger partial charge >= 0.3 is 0 Å². The summed E-state index contributed by atoms with van der Waals surface area (Å²) in [6.45, 7) is 5.80. The van der Waals surface area contributed by atoms with Crippen molar-refractivity contribution in [3.05, 3.63) is 70.7 Å². The minimum Gasteiger partial charge on any atom is -0.486 e. The van der Waals surface area contributed by atoms with Crippen LogP contribution < -0.4 is 9.64 Å². The third-order valence-corrected chi connectivity index (χ3v) is 7.93. The monoisotopic (exact) mass is 514 g/mol. The molecule has 7 nitrogen and oxygen atoms in total. The number of halogens is 2. The Kier molecular flexibility index (Phi) is 6.42. The molecule has 36 heavy (non-hydrogen) atoms. The zero-order valence-electron chi connectivity index (χ0n) is 20.5. The van der Waals surface area contributed by atoms with E-state index in [0.29, 0.717) is 56.2 Å². The van der Waals surface area contributed by atoms with Crippen LogP contribution in [0.25, 0.3) is 11.3 Å². The molecule has 0 saturated carbocycles. The molecule has 0 atom stereocenters. The molecule has 5 rings (SSSR count). The number of sulfonamides is 1. The van der Waals surface area contributed by atoms with E-state index in [4.69, 9.17) is 4.74 Å². The highest BCUT2D eigenvalue weighted by Crippen LogP contribution is 2.39. The smallest absolute Gasteiger partial charge is 0.211 e. The third kappa shape index (κ3) is 4.79. The van der Waals surface area contributed by atoms with Crippen molar-refractivity contribution in [2.45, 2.75) is 39.3 Å². The number of anilines is 1. The van der Waals surface area contributed by atoms with Gasteiger partial charge in [-0.15, -0.1) is 0 Å². The van der Waals surface area contributed by atoms with Crippen molar-refractivity contribution >= 4 is 15.7 Å². The zero-order valence-corrected chi connectivity index (χ0v) is 21.3. The third-order valence-electron chi connectivity index (χ3n) is 6.68. The second kappa shape index (κ2) is 9.40. The highest BCUT2D eigenvalue weighted by atomic mass is 32.2. The summed E-state index contributed by atoms with van der Waals surface area (Å²) in [4.78, 5) is 10.6. The Morgan fingerprint density at radius 3 is 2.64 bits per heavy atom. The van der Waals surface area contributed by atoms with Crippen LogP contribution in [0.3, 0.4) is 0 Å². The van der Waals surface area contributed by atoms with Gasteiger partial charge in [-0.3, -0.25) is 0 Å². The van der Waals surface area contributed by atoms with Crippen LogP contribution in [0.15, 0.2) is 36.5 Å². The molecule has 0 radical (unpaired) electrons. The predicted octanol–water partition coefficient (Wildman–Crippen LogP) is 3.94. The second-order valence-electron chi connectivity index (χ2n) is 9.55. The second-order valence-corrected chi connectivity index (χ2v) is 11.5. The molecule has 0 N–H and O–H groups in total. The molecular formula is C26H28F2N4O3S. The number of benzene rings is 2. The first kappa shape index (κ1) is 24.6. The van der Waals surface area contributed by atoms with E-state index in [9.17, 15) is 17.2 Å². The number of ether oxygens (including phenoxy) is 1. The predicted molar refractivity (Wildman–Crippen MR) is 134 cm³/mol. The molecule has 0 fully saturated rings. The summed E-state index contributed by atoms with van der Waals surface area (Å²) >= 11 is 0. The molecule has 10 heteroatoms. The fourth-order valence-electron chi connectivity index (χ4n) is 4.83. The molecule has 1 aromatic heterocycles. The van der Waals surface area contributed by atoms with Gasteiger partial charge in [0.05, 0.1) is 24.7 Å². The Morgan fingerprint density at radius 2 is 1.89 bits per heavy atom. The first-order valence-electron chi connectivity index (χ1n) is 11.9. The molecule has 0 spiro atoms. The lowest BCUT2D eigenvalue weighted by Gasteiger charge is -2.34. The summed E-state index contributed by atoms with van der Waals surface area (Å²) in [5.74, 6) is -0.638. The molecule has 2 aromatic carbocycles. The molecule has 3 heterocycles. The van der Waals surface area contributed by atoms with Crippen LogP contribution >= 0.6 is 0 Å². The zero-order chi connectivity index (χ0) is 25.6. The van der Waals surface area contributed by atoms with E-state index < -0.39 is 21.7 Å². The van der Waals surface area contributed by atoms with Crippen molar-refractivity contribution in [1.29, 1.82) is 0 Å². The Morgan fingerprint density at radius 1 is 1.08 bits per heavy atom. The first-order valence-corrected chi connectivity index (χ1v) is 13.8. The van der Waals surface area contributed by atoms with Gasteiger partial charge in [-0.25, -0.2) is 27.2 Å². The molecule has 2 aliphatic rings. The van der Waals surface area contributed by atoms with Gasteiger partial charge in [0, 0.05) is 31.1 Å². The Labute approximate surface area is 209 Å². The molecule has 0 aliphatic carbocycles. The van der Waals surface area contributed by atoms with Gasteiger partial charge < -0.3 is 9.64 Å². The Balaban J connectivity index is 1.46. The van der Waals surface area contributed by atoms with E-state index >= 15 is 0 Å². The lowest BCUT2D eigenvalue weighted by Crippen LogP contribution is -2.38. The number of hydrogen-bond acceptors (Lipinski definition) is 6. The van der Waals surface area contributed by atoms with Crippen LogP contribution in [-0.4, -0.2) is 54.7 Å². The number of aromatic nitrogens is 2. The van der Waals surface area contributed by atoms with Crippen LogP contribution in [0.4, 0.5) is 14.5 Å². The molecule has 2 aliphatic heterocycles. The first-order chi connectivity index (χ1) is 17.1. The highest BCUT2D eigenvalue weighted by molar-refractivity contribution is 7.88. The molecular weight excluding hydrogens is 486 g/mol. The normalized spacial score (nSPS) is 16.0. The topological polar surface area (TPSA) is 75.6 Å². The lowest BCUT2D eigenvalue weighted by atomic mass is 9.97. The minimum atomic E-state index is -3.28. The average molecular weight is 515 g/mol. The van der Waals surface area contributed by atoms with E-state index in [1.807, 2.05) is 36.9 Å². The number of nitrogens with zero attached hydrogens (tertiary/aromatic N) is 4. The van der Waals surface area contributed by atoms with Crippen LogP contribution in [0.2, 0.25) is 0 Å². The summed E-state index contributed by atoms with van der Waals surface area (Å²) < 4.78 is 60.8. The van der Waals surface area contributed by atoms with Crippen molar-refractivity contribution < 1.29 is 21.9 Å². The van der Waals surface area contributed by atoms with E-state index in [2.05, 4.69) is 9.97 Å². The van der Waals surface area contributed by atoms with Gasteiger partial charge in [0.1, 0.15) is 18.1 Å². The van der Waals surface area contributed by atoms with Crippen molar-refractivity contribution in [3.63, 3.8) is 0 Å². The van der Waals surface area contributed by atoms with E-state index in [0.717, 1.165) is 22.9 Å². The van der Waals surface area contributed by atoms with Crippen molar-refractivity contribution in [1.82, 2.24) is 14.3 Å². The van der Waals surface area contributed by atoms with Crippen LogP contribution in [-0.2, 0) is 29.4 Å². The molecule has 0 saturated heterocycles. The van der Waals surface area contributed by atoms with Crippen LogP contribution in [0.5, 0.6) is 5.75 Å². The maximum Gasteiger partial charge on any atom is 0.211 e. The SMILES string of the molecule is CC(C)N1CCOc2c(F)cc(-c3nc(Cc4ccc5c(c4)CN(S(C)(=O)=O)CC5)ncc3F)cc21. The average Bonchev–Trinajstić information content (AvgIpc) is 2.83. The molecule has 0 amide bonds. The van der Waals surface area contributed by atoms with Gasteiger partial charge in [-0.2, -0.15) is 4.31 Å². The lowest BCUT2D eigenvalue weighted by molar-refractivity contribution is 0.287. The maximum absolute atomic E-state index is 14.9. The fraction of sp³-hybridized carbons (Fsp3) is 0.385. The van der Waals surface area contributed by atoms with E-state index in [-0.39, 0.29) is 17.5 Å². The van der Waals surface area contributed by atoms with E-state index in [1.165, 1.54) is 16.6 Å². The summed E-state index contributed by atoms with van der Waals surface area (Å²) in [6.07, 6.45) is 3.30. The largest absolute Gasteiger partial charge is 0.486 e. The number of hydrogen-bond donors (Lipinski definition) is 0. The van der Waals surface area contributed by atoms with E-state index in [1.54, 1.807) is 6.07 Å². The fourth-order valence-corrected chi connectivity index (χ4v) is 5.62. The Bertz CT molecular complexity index is 1430. The van der Waals surface area contributed by atoms with Gasteiger partial charge in [0.25, 0.3) is 0 Å².